The first-order valence-corrected chi connectivity index (χ1v) is 10.3. The molecule has 2 aliphatic heterocycles. The van der Waals surface area contributed by atoms with Crippen molar-refractivity contribution < 1.29 is 35.9 Å². The number of rotatable bonds is 3. The Bertz CT molecular complexity index is 853. The fourth-order valence-corrected chi connectivity index (χ4v) is 5.37. The van der Waals surface area contributed by atoms with Gasteiger partial charge < -0.3 is 10.1 Å². The average Bonchev–Trinajstić information content (AvgIpc) is 2.85. The van der Waals surface area contributed by atoms with Gasteiger partial charge in [-0.05, 0) is 24.6 Å². The van der Waals surface area contributed by atoms with E-state index < -0.39 is 44.8 Å². The number of hydrogen-bond acceptors (Lipinski definition) is 6. The second-order valence-electron chi connectivity index (χ2n) is 6.02. The third-order valence-electron chi connectivity index (χ3n) is 3.97. The van der Waals surface area contributed by atoms with Gasteiger partial charge in [-0.3, -0.25) is 9.59 Å². The number of esters is 1. The number of sulfone groups is 1. The lowest BCUT2D eigenvalue weighted by Crippen LogP contribution is -2.32. The van der Waals surface area contributed by atoms with E-state index in [1.165, 1.54) is 6.07 Å². The number of carbonyl (C=O) groups is 2. The molecule has 142 valence electrons. The highest BCUT2D eigenvalue weighted by molar-refractivity contribution is 8.01. The number of hydrogen-bond donors (Lipinski definition) is 1. The maximum atomic E-state index is 12.7. The van der Waals surface area contributed by atoms with Gasteiger partial charge in [-0.1, -0.05) is 0 Å². The van der Waals surface area contributed by atoms with E-state index in [1.807, 2.05) is 0 Å². The van der Waals surface area contributed by atoms with Crippen LogP contribution >= 0.6 is 11.8 Å². The molecule has 0 saturated carbocycles. The minimum absolute atomic E-state index is 0.0429. The van der Waals surface area contributed by atoms with Gasteiger partial charge in [0.25, 0.3) is 0 Å². The van der Waals surface area contributed by atoms with E-state index in [9.17, 15) is 31.2 Å². The van der Waals surface area contributed by atoms with Gasteiger partial charge in [-0.2, -0.15) is 13.2 Å². The minimum atomic E-state index is -4.52. The molecule has 0 spiro atoms. The highest BCUT2D eigenvalue weighted by Gasteiger charge is 2.36. The van der Waals surface area contributed by atoms with E-state index >= 15 is 0 Å². The van der Waals surface area contributed by atoms with Crippen molar-refractivity contribution in [2.45, 2.75) is 35.3 Å². The summed E-state index contributed by atoms with van der Waals surface area (Å²) in [7, 11) is -3.19. The predicted molar refractivity (Wildman–Crippen MR) is 87.5 cm³/mol. The number of carbonyl (C=O) groups excluding carboxylic acids is 2. The first-order valence-electron chi connectivity index (χ1n) is 7.62. The second kappa shape index (κ2) is 6.76. The van der Waals surface area contributed by atoms with Crippen LogP contribution in [-0.2, 0) is 30.3 Å². The number of anilines is 1. The number of benzene rings is 1. The third-order valence-corrected chi connectivity index (χ3v) is 6.98. The molecule has 2 unspecified atom stereocenters. The van der Waals surface area contributed by atoms with Crippen molar-refractivity contribution in [2.75, 3.05) is 16.8 Å². The number of alkyl halides is 3. The summed E-state index contributed by atoms with van der Waals surface area (Å²) in [4.78, 5) is 24.5. The quantitative estimate of drug-likeness (QED) is 0.771. The lowest BCUT2D eigenvalue weighted by molar-refractivity contribution is -0.148. The molecule has 2 aliphatic rings. The van der Waals surface area contributed by atoms with E-state index in [4.69, 9.17) is 4.74 Å². The van der Waals surface area contributed by atoms with E-state index in [-0.39, 0.29) is 30.0 Å². The summed E-state index contributed by atoms with van der Waals surface area (Å²) in [6, 6.07) is 2.99. The number of halogens is 3. The molecule has 1 amide bonds. The summed E-state index contributed by atoms with van der Waals surface area (Å²) >= 11 is 0.972. The van der Waals surface area contributed by atoms with E-state index in [0.29, 0.717) is 4.90 Å². The Morgan fingerprint density at radius 1 is 1.35 bits per heavy atom. The van der Waals surface area contributed by atoms with E-state index in [2.05, 4.69) is 5.32 Å². The van der Waals surface area contributed by atoms with Crippen molar-refractivity contribution in [1.29, 1.82) is 0 Å². The number of fused-ring (bicyclic) bond motifs is 1. The molecule has 6 nitrogen and oxygen atoms in total. The van der Waals surface area contributed by atoms with Crippen LogP contribution in [0.5, 0.6) is 0 Å². The fraction of sp³-hybridized carbons (Fsp3) is 0.467. The summed E-state index contributed by atoms with van der Waals surface area (Å²) in [5.41, 5.74) is -0.834. The fourth-order valence-electron chi connectivity index (χ4n) is 2.70. The van der Waals surface area contributed by atoms with Gasteiger partial charge in [0.15, 0.2) is 9.84 Å². The Kier molecular flexibility index (Phi) is 4.95. The van der Waals surface area contributed by atoms with Crippen LogP contribution in [0.3, 0.4) is 0 Å². The molecule has 1 aromatic rings. The van der Waals surface area contributed by atoms with Crippen LogP contribution in [0.15, 0.2) is 23.1 Å². The largest absolute Gasteiger partial charge is 0.461 e. The van der Waals surface area contributed by atoms with Gasteiger partial charge >= 0.3 is 12.1 Å². The molecule has 2 atom stereocenters. The van der Waals surface area contributed by atoms with E-state index in [1.54, 1.807) is 0 Å². The van der Waals surface area contributed by atoms with Gasteiger partial charge in [0.05, 0.1) is 34.4 Å². The van der Waals surface area contributed by atoms with Gasteiger partial charge in [-0.25, -0.2) is 8.42 Å². The van der Waals surface area contributed by atoms with Gasteiger partial charge in [0, 0.05) is 4.90 Å². The first-order chi connectivity index (χ1) is 12.0. The molecular formula is C15H14F3NO5S2. The summed E-state index contributed by atoms with van der Waals surface area (Å²) < 4.78 is 66.0. The Morgan fingerprint density at radius 3 is 2.69 bits per heavy atom. The molecule has 0 radical (unpaired) electrons. The topological polar surface area (TPSA) is 89.5 Å². The summed E-state index contributed by atoms with van der Waals surface area (Å²) in [6.45, 7) is 0. The van der Waals surface area contributed by atoms with Crippen LogP contribution in [-0.4, -0.2) is 43.2 Å². The average molecular weight is 409 g/mol. The van der Waals surface area contributed by atoms with Crippen molar-refractivity contribution in [2.24, 2.45) is 0 Å². The van der Waals surface area contributed by atoms with Gasteiger partial charge in [0.2, 0.25) is 5.91 Å². The summed E-state index contributed by atoms with van der Waals surface area (Å²) in [6.07, 6.45) is -5.31. The van der Waals surface area contributed by atoms with Crippen molar-refractivity contribution in [3.05, 3.63) is 23.8 Å². The SMILES string of the molecule is O=C(CC1Sc2ccc(C(F)(F)F)cc2NC1=O)OC1CCS(=O)(=O)C1. The molecule has 0 aromatic heterocycles. The Balaban J connectivity index is 1.64. The molecule has 2 heterocycles. The van der Waals surface area contributed by atoms with Crippen LogP contribution in [0.1, 0.15) is 18.4 Å². The molecule has 11 heteroatoms. The van der Waals surface area contributed by atoms with Crippen molar-refractivity contribution >= 4 is 39.2 Å². The minimum Gasteiger partial charge on any atom is -0.461 e. The Labute approximate surface area is 151 Å². The summed E-state index contributed by atoms with van der Waals surface area (Å²) in [5.74, 6) is -1.59. The highest BCUT2D eigenvalue weighted by Crippen LogP contribution is 2.40. The van der Waals surface area contributed by atoms with Crippen molar-refractivity contribution in [3.63, 3.8) is 0 Å². The highest BCUT2D eigenvalue weighted by atomic mass is 32.2. The molecular weight excluding hydrogens is 395 g/mol. The van der Waals surface area contributed by atoms with Gasteiger partial charge in [0.1, 0.15) is 6.10 Å². The van der Waals surface area contributed by atoms with Crippen LogP contribution in [0.4, 0.5) is 18.9 Å². The lowest BCUT2D eigenvalue weighted by Gasteiger charge is -2.24. The maximum absolute atomic E-state index is 12.7. The molecule has 26 heavy (non-hydrogen) atoms. The number of nitrogens with one attached hydrogen (secondary N) is 1. The number of amides is 1. The maximum Gasteiger partial charge on any atom is 0.416 e. The zero-order chi connectivity index (χ0) is 19.1. The second-order valence-corrected chi connectivity index (χ2v) is 9.50. The monoisotopic (exact) mass is 409 g/mol. The van der Waals surface area contributed by atoms with Crippen LogP contribution in [0.2, 0.25) is 0 Å². The third kappa shape index (κ3) is 4.32. The molecule has 1 N–H and O–H groups in total. The zero-order valence-corrected chi connectivity index (χ0v) is 14.8. The van der Waals surface area contributed by atoms with Crippen LogP contribution in [0.25, 0.3) is 0 Å². The molecule has 1 aromatic carbocycles. The number of ether oxygens (including phenoxy) is 1. The van der Waals surface area contributed by atoms with Gasteiger partial charge in [-0.15, -0.1) is 11.8 Å². The van der Waals surface area contributed by atoms with Crippen LogP contribution in [0, 0.1) is 0 Å². The Hall–Kier alpha value is -1.75. The lowest BCUT2D eigenvalue weighted by atomic mass is 10.1. The smallest absolute Gasteiger partial charge is 0.416 e. The summed E-state index contributed by atoms with van der Waals surface area (Å²) in [5, 5.41) is 1.51. The van der Waals surface area contributed by atoms with Crippen LogP contribution < -0.4 is 5.32 Å². The number of thioether (sulfide) groups is 1. The molecule has 0 aliphatic carbocycles. The molecule has 3 rings (SSSR count). The molecule has 0 bridgehead atoms. The van der Waals surface area contributed by atoms with E-state index in [0.717, 1.165) is 23.9 Å². The van der Waals surface area contributed by atoms with Crippen molar-refractivity contribution in [1.82, 2.24) is 0 Å². The van der Waals surface area contributed by atoms with Crippen molar-refractivity contribution in [3.8, 4) is 0 Å². The first kappa shape index (κ1) is 19.0. The predicted octanol–water partition coefficient (Wildman–Crippen LogP) is 2.24. The molecule has 1 fully saturated rings. The normalized spacial score (nSPS) is 24.7. The Morgan fingerprint density at radius 2 is 2.08 bits per heavy atom. The molecule has 1 saturated heterocycles. The zero-order valence-electron chi connectivity index (χ0n) is 13.2. The standard InChI is InChI=1S/C15H14F3NO5S2/c16-15(17,18)8-1-2-11-10(5-8)19-14(21)12(25-11)6-13(20)24-9-3-4-26(22,23)7-9/h1-2,5,9,12H,3-4,6-7H2,(H,19,21).